The van der Waals surface area contributed by atoms with Gasteiger partial charge in [0.05, 0.1) is 0 Å². The van der Waals surface area contributed by atoms with Gasteiger partial charge in [-0.25, -0.2) is 0 Å². The Morgan fingerprint density at radius 3 is 2.47 bits per heavy atom. The Labute approximate surface area is 114 Å². The summed E-state index contributed by atoms with van der Waals surface area (Å²) in [7, 11) is 0. The lowest BCUT2D eigenvalue weighted by atomic mass is 9.74. The first-order valence-corrected chi connectivity index (χ1v) is 6.56. The molecule has 0 aromatic heterocycles. The lowest BCUT2D eigenvalue weighted by molar-refractivity contribution is -0.116. The average molecular weight is 256 g/mol. The van der Waals surface area contributed by atoms with Crippen molar-refractivity contribution < 1.29 is 9.90 Å². The van der Waals surface area contributed by atoms with Crippen LogP contribution in [0.15, 0.2) is 42.0 Å². The second-order valence-corrected chi connectivity index (χ2v) is 5.77. The molecule has 1 atom stereocenters. The molecule has 0 fully saturated rings. The fourth-order valence-corrected chi connectivity index (χ4v) is 2.36. The van der Waals surface area contributed by atoms with Crippen molar-refractivity contribution in [2.24, 2.45) is 5.92 Å². The molecule has 1 N–H and O–H groups in total. The molecule has 0 heterocycles. The second kappa shape index (κ2) is 4.69. The van der Waals surface area contributed by atoms with Gasteiger partial charge in [-0.15, -0.1) is 0 Å². The van der Waals surface area contributed by atoms with E-state index in [-0.39, 0.29) is 17.1 Å². The van der Waals surface area contributed by atoms with Crippen LogP contribution in [0.1, 0.15) is 31.9 Å². The molecule has 1 aromatic carbocycles. The number of allylic oxidation sites excluding steroid dienone is 4. The molecule has 0 saturated heterocycles. The fourth-order valence-electron chi connectivity index (χ4n) is 2.36. The first-order chi connectivity index (χ1) is 8.82. The van der Waals surface area contributed by atoms with E-state index in [2.05, 4.69) is 13.8 Å². The smallest absolute Gasteiger partial charge is 0.162 e. The van der Waals surface area contributed by atoms with E-state index < -0.39 is 0 Å². The number of hydrogen-bond acceptors (Lipinski definition) is 2. The zero-order valence-electron chi connectivity index (χ0n) is 11.9. The number of rotatable bonds is 2. The molecule has 2 rings (SSSR count). The molecule has 0 amide bonds. The molecule has 0 radical (unpaired) electrons. The maximum Gasteiger partial charge on any atom is 0.162 e. The number of phenols is 1. The standard InChI is InChI=1S/C17H20O2/c1-11-9-13(5-7-15(11)18)17(3,4)14-6-8-16(19)12(2)10-14/h5-11,19H,1-4H3. The Kier molecular flexibility index (Phi) is 3.36. The minimum atomic E-state index is -0.177. The molecule has 0 spiro atoms. The van der Waals surface area contributed by atoms with Crippen LogP contribution in [0.2, 0.25) is 0 Å². The van der Waals surface area contributed by atoms with E-state index in [0.717, 1.165) is 16.7 Å². The molecule has 1 aliphatic rings. The summed E-state index contributed by atoms with van der Waals surface area (Å²) in [5, 5.41) is 9.62. The third-order valence-corrected chi connectivity index (χ3v) is 3.95. The molecular weight excluding hydrogens is 236 g/mol. The predicted molar refractivity (Wildman–Crippen MR) is 77.3 cm³/mol. The van der Waals surface area contributed by atoms with Gasteiger partial charge in [0.15, 0.2) is 5.78 Å². The van der Waals surface area contributed by atoms with Crippen LogP contribution in [0, 0.1) is 12.8 Å². The number of phenolic OH excluding ortho intramolecular Hbond substituents is 1. The lowest BCUT2D eigenvalue weighted by Crippen LogP contribution is -2.23. The highest BCUT2D eigenvalue weighted by atomic mass is 16.3. The molecule has 0 saturated carbocycles. The van der Waals surface area contributed by atoms with Crippen LogP contribution >= 0.6 is 0 Å². The van der Waals surface area contributed by atoms with E-state index in [1.165, 1.54) is 0 Å². The highest BCUT2D eigenvalue weighted by Gasteiger charge is 2.27. The average Bonchev–Trinajstić information content (AvgIpc) is 2.35. The summed E-state index contributed by atoms with van der Waals surface area (Å²) in [4.78, 5) is 11.5. The van der Waals surface area contributed by atoms with Crippen molar-refractivity contribution in [3.8, 4) is 5.75 Å². The van der Waals surface area contributed by atoms with Crippen LogP contribution in [0.4, 0.5) is 0 Å². The van der Waals surface area contributed by atoms with Crippen molar-refractivity contribution in [1.82, 2.24) is 0 Å². The minimum absolute atomic E-state index is 0.0579. The van der Waals surface area contributed by atoms with Crippen molar-refractivity contribution in [2.75, 3.05) is 0 Å². The van der Waals surface area contributed by atoms with E-state index >= 15 is 0 Å². The maximum absolute atomic E-state index is 11.5. The molecule has 19 heavy (non-hydrogen) atoms. The third kappa shape index (κ3) is 2.48. The van der Waals surface area contributed by atoms with Crippen molar-refractivity contribution in [3.05, 3.63) is 53.1 Å². The van der Waals surface area contributed by atoms with Crippen LogP contribution in [-0.4, -0.2) is 10.9 Å². The van der Waals surface area contributed by atoms with Gasteiger partial charge in [-0.2, -0.15) is 0 Å². The fraction of sp³-hybridized carbons (Fsp3) is 0.353. The summed E-state index contributed by atoms with van der Waals surface area (Å²) in [6.07, 6.45) is 5.60. The van der Waals surface area contributed by atoms with E-state index in [4.69, 9.17) is 0 Å². The highest BCUT2D eigenvalue weighted by molar-refractivity contribution is 5.94. The molecule has 0 aliphatic heterocycles. The zero-order chi connectivity index (χ0) is 14.2. The van der Waals surface area contributed by atoms with Crippen molar-refractivity contribution in [3.63, 3.8) is 0 Å². The number of benzene rings is 1. The van der Waals surface area contributed by atoms with Gasteiger partial charge in [0.2, 0.25) is 0 Å². The first kappa shape index (κ1) is 13.6. The van der Waals surface area contributed by atoms with Crippen molar-refractivity contribution >= 4 is 5.78 Å². The van der Waals surface area contributed by atoms with Gasteiger partial charge in [-0.3, -0.25) is 4.79 Å². The maximum atomic E-state index is 11.5. The second-order valence-electron chi connectivity index (χ2n) is 5.77. The Balaban J connectivity index is 2.42. The predicted octanol–water partition coefficient (Wildman–Crippen LogP) is 3.68. The molecule has 1 aromatic rings. The normalized spacial score (nSPS) is 19.5. The number of ketones is 1. The number of hydrogen-bond donors (Lipinski definition) is 1. The number of carbonyl (C=O) groups is 1. The van der Waals surface area contributed by atoms with Gasteiger partial charge in [-0.05, 0) is 35.8 Å². The Morgan fingerprint density at radius 2 is 1.89 bits per heavy atom. The van der Waals surface area contributed by atoms with Crippen LogP contribution in [0.3, 0.4) is 0 Å². The van der Waals surface area contributed by atoms with E-state index in [1.54, 1.807) is 12.1 Å². The van der Waals surface area contributed by atoms with Crippen molar-refractivity contribution in [1.29, 1.82) is 0 Å². The summed E-state index contributed by atoms with van der Waals surface area (Å²) in [5.41, 5.74) is 2.98. The van der Waals surface area contributed by atoms with Crippen LogP contribution in [0.25, 0.3) is 0 Å². The molecule has 1 unspecified atom stereocenters. The van der Waals surface area contributed by atoms with Gasteiger partial charge in [-0.1, -0.05) is 45.1 Å². The largest absolute Gasteiger partial charge is 0.508 e. The molecule has 100 valence electrons. The molecule has 2 nitrogen and oxygen atoms in total. The molecular formula is C17H20O2. The Hall–Kier alpha value is -1.83. The molecule has 2 heteroatoms. The quantitative estimate of drug-likeness (QED) is 0.876. The van der Waals surface area contributed by atoms with Gasteiger partial charge in [0.1, 0.15) is 5.75 Å². The van der Waals surface area contributed by atoms with E-state index in [1.807, 2.05) is 38.1 Å². The van der Waals surface area contributed by atoms with E-state index in [0.29, 0.717) is 5.75 Å². The third-order valence-electron chi connectivity index (χ3n) is 3.95. The van der Waals surface area contributed by atoms with Crippen LogP contribution in [0.5, 0.6) is 5.75 Å². The highest BCUT2D eigenvalue weighted by Crippen LogP contribution is 2.36. The summed E-state index contributed by atoms with van der Waals surface area (Å²) in [6, 6.07) is 5.68. The van der Waals surface area contributed by atoms with Gasteiger partial charge in [0, 0.05) is 11.3 Å². The Morgan fingerprint density at radius 1 is 1.21 bits per heavy atom. The van der Waals surface area contributed by atoms with E-state index in [9.17, 15) is 9.90 Å². The molecule has 1 aliphatic carbocycles. The molecule has 0 bridgehead atoms. The van der Waals surface area contributed by atoms with Crippen LogP contribution < -0.4 is 0 Å². The SMILES string of the molecule is Cc1cc(C(C)(C)C2=CC(C)C(=O)C=C2)ccc1O. The van der Waals surface area contributed by atoms with Crippen molar-refractivity contribution in [2.45, 2.75) is 33.1 Å². The van der Waals surface area contributed by atoms with Gasteiger partial charge < -0.3 is 5.11 Å². The number of aryl methyl sites for hydroxylation is 1. The topological polar surface area (TPSA) is 37.3 Å². The summed E-state index contributed by atoms with van der Waals surface area (Å²) in [5.74, 6) is 0.412. The van der Waals surface area contributed by atoms with Crippen LogP contribution in [-0.2, 0) is 10.2 Å². The van der Waals surface area contributed by atoms with Gasteiger partial charge >= 0.3 is 0 Å². The summed E-state index contributed by atoms with van der Waals surface area (Å²) >= 11 is 0. The Bertz CT molecular complexity index is 577. The summed E-state index contributed by atoms with van der Waals surface area (Å²) < 4.78 is 0. The zero-order valence-corrected chi connectivity index (χ0v) is 11.9. The first-order valence-electron chi connectivity index (χ1n) is 6.56. The van der Waals surface area contributed by atoms with Gasteiger partial charge in [0.25, 0.3) is 0 Å². The monoisotopic (exact) mass is 256 g/mol. The lowest BCUT2D eigenvalue weighted by Gasteiger charge is -2.30. The summed E-state index contributed by atoms with van der Waals surface area (Å²) in [6.45, 7) is 8.09. The number of aromatic hydroxyl groups is 1. The number of carbonyl (C=O) groups excluding carboxylic acids is 1. The minimum Gasteiger partial charge on any atom is -0.508 e.